The van der Waals surface area contributed by atoms with Gasteiger partial charge in [0.2, 0.25) is 5.91 Å². The molecule has 2 N–H and O–H groups in total. The summed E-state index contributed by atoms with van der Waals surface area (Å²) in [6.45, 7) is 4.42. The lowest BCUT2D eigenvalue weighted by molar-refractivity contribution is -0.123. The minimum Gasteiger partial charge on any atom is -0.348 e. The smallest absolute Gasteiger partial charge is 0.234 e. The van der Waals surface area contributed by atoms with Gasteiger partial charge in [0, 0.05) is 17.6 Å². The minimum atomic E-state index is -0.0796. The Hall–Kier alpha value is -1.10. The largest absolute Gasteiger partial charge is 0.348 e. The molecule has 1 amide bonds. The van der Waals surface area contributed by atoms with E-state index in [-0.39, 0.29) is 11.9 Å². The molecule has 2 atom stereocenters. The summed E-state index contributed by atoms with van der Waals surface area (Å²) in [5.41, 5.74) is 0.953. The number of piperidine rings is 1. The van der Waals surface area contributed by atoms with Crippen molar-refractivity contribution < 1.29 is 4.79 Å². The number of likely N-dealkylation sites (N-methyl/N-ethyl adjacent to an activating group) is 1. The van der Waals surface area contributed by atoms with Crippen molar-refractivity contribution in [3.05, 3.63) is 34.9 Å². The standard InChI is InChI=1S/C16H24ClN3O/c1-12(14-7-3-4-8-15(14)17)19-16(21)11-20(2)13-6-5-9-18-10-13/h3-4,7-8,12-13,18H,5-6,9-11H2,1-2H3,(H,19,21). The van der Waals surface area contributed by atoms with E-state index in [9.17, 15) is 4.79 Å². The summed E-state index contributed by atoms with van der Waals surface area (Å²) >= 11 is 6.16. The van der Waals surface area contributed by atoms with Crippen molar-refractivity contribution in [3.63, 3.8) is 0 Å². The highest BCUT2D eigenvalue weighted by Gasteiger charge is 2.20. The van der Waals surface area contributed by atoms with E-state index in [1.807, 2.05) is 38.2 Å². The zero-order chi connectivity index (χ0) is 15.2. The third-order valence-corrected chi connectivity index (χ3v) is 4.38. The second kappa shape index (κ2) is 7.78. The molecule has 2 unspecified atom stereocenters. The number of nitrogens with one attached hydrogen (secondary N) is 2. The van der Waals surface area contributed by atoms with Crippen LogP contribution >= 0.6 is 11.6 Å². The Morgan fingerprint density at radius 1 is 1.52 bits per heavy atom. The van der Waals surface area contributed by atoms with Gasteiger partial charge >= 0.3 is 0 Å². The minimum absolute atomic E-state index is 0.0375. The topological polar surface area (TPSA) is 44.4 Å². The van der Waals surface area contributed by atoms with Crippen LogP contribution in [0, 0.1) is 0 Å². The third kappa shape index (κ3) is 4.70. The maximum absolute atomic E-state index is 12.2. The van der Waals surface area contributed by atoms with Crippen LogP contribution in [0.2, 0.25) is 5.02 Å². The average Bonchev–Trinajstić information content (AvgIpc) is 2.48. The van der Waals surface area contributed by atoms with Crippen LogP contribution in [0.15, 0.2) is 24.3 Å². The Morgan fingerprint density at radius 2 is 2.29 bits per heavy atom. The van der Waals surface area contributed by atoms with Gasteiger partial charge in [0.25, 0.3) is 0 Å². The van der Waals surface area contributed by atoms with E-state index in [2.05, 4.69) is 15.5 Å². The molecule has 1 saturated heterocycles. The van der Waals surface area contributed by atoms with Crippen molar-refractivity contribution in [2.75, 3.05) is 26.7 Å². The monoisotopic (exact) mass is 309 g/mol. The first kappa shape index (κ1) is 16.3. The fourth-order valence-electron chi connectivity index (χ4n) is 2.76. The third-order valence-electron chi connectivity index (χ3n) is 4.04. The fraction of sp³-hybridized carbons (Fsp3) is 0.562. The first-order chi connectivity index (χ1) is 10.1. The number of halogens is 1. The van der Waals surface area contributed by atoms with E-state index < -0.39 is 0 Å². The van der Waals surface area contributed by atoms with Crippen molar-refractivity contribution in [1.82, 2.24) is 15.5 Å². The number of carbonyl (C=O) groups is 1. The van der Waals surface area contributed by atoms with Gasteiger partial charge in [0.1, 0.15) is 0 Å². The summed E-state index contributed by atoms with van der Waals surface area (Å²) in [5, 5.41) is 7.08. The quantitative estimate of drug-likeness (QED) is 0.876. The summed E-state index contributed by atoms with van der Waals surface area (Å²) in [7, 11) is 2.01. The molecule has 1 heterocycles. The van der Waals surface area contributed by atoms with Gasteiger partial charge < -0.3 is 10.6 Å². The molecule has 0 bridgehead atoms. The van der Waals surface area contributed by atoms with Crippen molar-refractivity contribution >= 4 is 17.5 Å². The molecular weight excluding hydrogens is 286 g/mol. The molecule has 2 rings (SSSR count). The fourth-order valence-corrected chi connectivity index (χ4v) is 3.06. The molecule has 0 aromatic heterocycles. The number of nitrogens with zero attached hydrogens (tertiary/aromatic N) is 1. The summed E-state index contributed by atoms with van der Waals surface area (Å²) in [6, 6.07) is 7.99. The van der Waals surface area contributed by atoms with Crippen LogP contribution in [0.25, 0.3) is 0 Å². The molecular formula is C16H24ClN3O. The van der Waals surface area contributed by atoms with Gasteiger partial charge in [0.05, 0.1) is 12.6 Å². The molecule has 5 heteroatoms. The molecule has 116 valence electrons. The summed E-state index contributed by atoms with van der Waals surface area (Å²) in [6.07, 6.45) is 2.32. The van der Waals surface area contributed by atoms with Gasteiger partial charge in [-0.3, -0.25) is 9.69 Å². The SMILES string of the molecule is CC(NC(=O)CN(C)C1CCCNC1)c1ccccc1Cl. The van der Waals surface area contributed by atoms with E-state index in [0.717, 1.165) is 25.1 Å². The van der Waals surface area contributed by atoms with Gasteiger partial charge in [-0.15, -0.1) is 0 Å². The predicted molar refractivity (Wildman–Crippen MR) is 86.5 cm³/mol. The Bertz CT molecular complexity index is 474. The molecule has 1 aliphatic heterocycles. The number of amides is 1. The maximum atomic E-state index is 12.2. The lowest BCUT2D eigenvalue weighted by atomic mass is 10.1. The summed E-state index contributed by atoms with van der Waals surface area (Å²) in [4.78, 5) is 14.3. The van der Waals surface area contributed by atoms with Crippen LogP contribution in [0.3, 0.4) is 0 Å². The first-order valence-electron chi connectivity index (χ1n) is 7.52. The zero-order valence-electron chi connectivity index (χ0n) is 12.7. The highest BCUT2D eigenvalue weighted by Crippen LogP contribution is 2.22. The van der Waals surface area contributed by atoms with Crippen LogP contribution in [0.5, 0.6) is 0 Å². The number of rotatable bonds is 5. The van der Waals surface area contributed by atoms with Crippen molar-refractivity contribution in [2.24, 2.45) is 0 Å². The van der Waals surface area contributed by atoms with E-state index in [1.165, 1.54) is 6.42 Å². The number of hydrogen-bond acceptors (Lipinski definition) is 3. The van der Waals surface area contributed by atoms with E-state index in [4.69, 9.17) is 11.6 Å². The molecule has 0 aliphatic carbocycles. The molecule has 1 fully saturated rings. The van der Waals surface area contributed by atoms with Gasteiger partial charge in [-0.05, 0) is 45.0 Å². The average molecular weight is 310 g/mol. The lowest BCUT2D eigenvalue weighted by Gasteiger charge is -2.31. The molecule has 1 aromatic carbocycles. The normalized spacial score (nSPS) is 20.3. The summed E-state index contributed by atoms with van der Waals surface area (Å²) in [5.74, 6) is 0.0375. The summed E-state index contributed by atoms with van der Waals surface area (Å²) < 4.78 is 0. The van der Waals surface area contributed by atoms with Crippen LogP contribution < -0.4 is 10.6 Å². The molecule has 0 radical (unpaired) electrons. The van der Waals surface area contributed by atoms with E-state index in [0.29, 0.717) is 17.6 Å². The lowest BCUT2D eigenvalue weighted by Crippen LogP contribution is -2.47. The molecule has 1 aliphatic rings. The van der Waals surface area contributed by atoms with Crippen molar-refractivity contribution in [3.8, 4) is 0 Å². The molecule has 1 aromatic rings. The van der Waals surface area contributed by atoms with Crippen molar-refractivity contribution in [2.45, 2.75) is 31.8 Å². The molecule has 21 heavy (non-hydrogen) atoms. The Kier molecular flexibility index (Phi) is 6.03. The second-order valence-corrected chi connectivity index (χ2v) is 6.13. The molecule has 0 saturated carbocycles. The van der Waals surface area contributed by atoms with Crippen LogP contribution in [-0.4, -0.2) is 43.5 Å². The Morgan fingerprint density at radius 3 is 2.95 bits per heavy atom. The highest BCUT2D eigenvalue weighted by molar-refractivity contribution is 6.31. The number of benzene rings is 1. The Labute approximate surface area is 131 Å². The Balaban J connectivity index is 1.85. The van der Waals surface area contributed by atoms with Gasteiger partial charge in [-0.2, -0.15) is 0 Å². The van der Waals surface area contributed by atoms with Crippen LogP contribution in [-0.2, 0) is 4.79 Å². The second-order valence-electron chi connectivity index (χ2n) is 5.73. The van der Waals surface area contributed by atoms with Gasteiger partial charge in [-0.1, -0.05) is 29.8 Å². The highest BCUT2D eigenvalue weighted by atomic mass is 35.5. The number of carbonyl (C=O) groups excluding carboxylic acids is 1. The van der Waals surface area contributed by atoms with Gasteiger partial charge in [0.15, 0.2) is 0 Å². The van der Waals surface area contributed by atoms with Gasteiger partial charge in [-0.25, -0.2) is 0 Å². The first-order valence-corrected chi connectivity index (χ1v) is 7.90. The van der Waals surface area contributed by atoms with Crippen molar-refractivity contribution in [1.29, 1.82) is 0 Å². The molecule has 4 nitrogen and oxygen atoms in total. The van der Waals surface area contributed by atoms with E-state index >= 15 is 0 Å². The predicted octanol–water partition coefficient (Wildman–Crippen LogP) is 2.20. The maximum Gasteiger partial charge on any atom is 0.234 e. The molecule has 0 spiro atoms. The van der Waals surface area contributed by atoms with E-state index in [1.54, 1.807) is 0 Å². The number of hydrogen-bond donors (Lipinski definition) is 2. The van der Waals surface area contributed by atoms with Crippen LogP contribution in [0.1, 0.15) is 31.4 Å². The zero-order valence-corrected chi connectivity index (χ0v) is 13.5. The van der Waals surface area contributed by atoms with Crippen LogP contribution in [0.4, 0.5) is 0 Å².